The number of benzene rings is 2. The zero-order valence-corrected chi connectivity index (χ0v) is 13.6. The maximum Gasteiger partial charge on any atom is 0.441 e. The molecule has 0 bridgehead atoms. The lowest BCUT2D eigenvalue weighted by Crippen LogP contribution is -2.07. The van der Waals surface area contributed by atoms with Gasteiger partial charge in [-0.25, -0.2) is 4.57 Å². The molecule has 5 heteroatoms. The standard InChI is InChI=1S/C18H17O4P/c1-15(18-13-8-14-20-18)23(19,21-16-9-4-2-5-10-16)22-17-11-6-3-7-12-17/h2-15H,1H3. The van der Waals surface area contributed by atoms with Crippen LogP contribution < -0.4 is 9.05 Å². The minimum Gasteiger partial charge on any atom is -0.468 e. The number of hydrogen-bond donors (Lipinski definition) is 0. The van der Waals surface area contributed by atoms with Gasteiger partial charge in [0.05, 0.1) is 6.26 Å². The van der Waals surface area contributed by atoms with Crippen molar-refractivity contribution in [2.24, 2.45) is 0 Å². The predicted octanol–water partition coefficient (Wildman–Crippen LogP) is 5.69. The maximum atomic E-state index is 13.4. The fraction of sp³-hybridized carbons (Fsp3) is 0.111. The summed E-state index contributed by atoms with van der Waals surface area (Å²) in [6.07, 6.45) is 1.54. The van der Waals surface area contributed by atoms with Gasteiger partial charge in [0, 0.05) is 0 Å². The Kier molecular flexibility index (Phi) is 4.54. The largest absolute Gasteiger partial charge is 0.468 e. The average molecular weight is 328 g/mol. The summed E-state index contributed by atoms with van der Waals surface area (Å²) in [6.45, 7) is 1.77. The lowest BCUT2D eigenvalue weighted by atomic mass is 10.3. The number of rotatable bonds is 6. The van der Waals surface area contributed by atoms with Crippen LogP contribution in [0.5, 0.6) is 11.5 Å². The first-order valence-electron chi connectivity index (χ1n) is 7.30. The van der Waals surface area contributed by atoms with Crippen molar-refractivity contribution >= 4 is 7.60 Å². The van der Waals surface area contributed by atoms with E-state index >= 15 is 0 Å². The first-order valence-corrected chi connectivity index (χ1v) is 8.91. The second-order valence-electron chi connectivity index (χ2n) is 5.04. The molecule has 0 saturated heterocycles. The highest BCUT2D eigenvalue weighted by Gasteiger charge is 2.39. The van der Waals surface area contributed by atoms with E-state index in [4.69, 9.17) is 13.5 Å². The molecule has 1 unspecified atom stereocenters. The van der Waals surface area contributed by atoms with Crippen LogP contribution in [-0.2, 0) is 4.57 Å². The van der Waals surface area contributed by atoms with Crippen LogP contribution in [0.15, 0.2) is 83.5 Å². The summed E-state index contributed by atoms with van der Waals surface area (Å²) < 4.78 is 30.4. The van der Waals surface area contributed by atoms with E-state index in [2.05, 4.69) is 0 Å². The third-order valence-electron chi connectivity index (χ3n) is 3.38. The Bertz CT molecular complexity index is 724. The fourth-order valence-electron chi connectivity index (χ4n) is 2.12. The summed E-state index contributed by atoms with van der Waals surface area (Å²) in [5, 5.41) is 0. The van der Waals surface area contributed by atoms with Gasteiger partial charge < -0.3 is 13.5 Å². The van der Waals surface area contributed by atoms with Crippen molar-refractivity contribution in [3.05, 3.63) is 84.8 Å². The van der Waals surface area contributed by atoms with E-state index in [1.807, 2.05) is 36.4 Å². The van der Waals surface area contributed by atoms with Crippen LogP contribution in [0.25, 0.3) is 0 Å². The van der Waals surface area contributed by atoms with Crippen LogP contribution in [-0.4, -0.2) is 0 Å². The molecule has 1 heterocycles. The van der Waals surface area contributed by atoms with Crippen molar-refractivity contribution in [1.29, 1.82) is 0 Å². The molecule has 2 aromatic carbocycles. The van der Waals surface area contributed by atoms with E-state index in [0.717, 1.165) is 0 Å². The summed E-state index contributed by atoms with van der Waals surface area (Å²) in [6, 6.07) is 21.5. The van der Waals surface area contributed by atoms with Crippen LogP contribution in [0, 0.1) is 0 Å². The van der Waals surface area contributed by atoms with Gasteiger partial charge in [0.2, 0.25) is 0 Å². The lowest BCUT2D eigenvalue weighted by molar-refractivity contribution is 0.365. The Morgan fingerprint density at radius 3 is 1.78 bits per heavy atom. The Hall–Kier alpha value is -2.45. The van der Waals surface area contributed by atoms with Crippen molar-refractivity contribution in [3.8, 4) is 11.5 Å². The first-order chi connectivity index (χ1) is 11.2. The van der Waals surface area contributed by atoms with Crippen molar-refractivity contribution in [2.75, 3.05) is 0 Å². The molecule has 23 heavy (non-hydrogen) atoms. The summed E-state index contributed by atoms with van der Waals surface area (Å²) in [5.74, 6) is 1.54. The van der Waals surface area contributed by atoms with Gasteiger partial charge in [0.25, 0.3) is 0 Å². The first kappa shape index (κ1) is 15.4. The molecule has 3 aromatic rings. The quantitative estimate of drug-likeness (QED) is 0.545. The van der Waals surface area contributed by atoms with Gasteiger partial charge in [-0.15, -0.1) is 0 Å². The van der Waals surface area contributed by atoms with Crippen LogP contribution in [0.1, 0.15) is 18.3 Å². The molecule has 0 aliphatic carbocycles. The predicted molar refractivity (Wildman–Crippen MR) is 88.9 cm³/mol. The summed E-state index contributed by atoms with van der Waals surface area (Å²) in [5.41, 5.74) is -0.544. The maximum absolute atomic E-state index is 13.4. The molecule has 3 rings (SSSR count). The van der Waals surface area contributed by atoms with E-state index in [1.54, 1.807) is 49.6 Å². The molecular formula is C18H17O4P. The van der Waals surface area contributed by atoms with Gasteiger partial charge in [-0.05, 0) is 43.3 Å². The highest BCUT2D eigenvalue weighted by atomic mass is 31.2. The average Bonchev–Trinajstić information content (AvgIpc) is 3.10. The normalized spacial score (nSPS) is 12.6. The highest BCUT2D eigenvalue weighted by Crippen LogP contribution is 2.59. The lowest BCUT2D eigenvalue weighted by Gasteiger charge is -2.24. The molecule has 1 aromatic heterocycles. The molecule has 4 nitrogen and oxygen atoms in total. The number of hydrogen-bond acceptors (Lipinski definition) is 4. The van der Waals surface area contributed by atoms with E-state index in [-0.39, 0.29) is 0 Å². The Morgan fingerprint density at radius 1 is 0.826 bits per heavy atom. The number of furan rings is 1. The molecule has 0 radical (unpaired) electrons. The summed E-state index contributed by atoms with van der Waals surface area (Å²) >= 11 is 0. The van der Waals surface area contributed by atoms with Gasteiger partial charge in [0.15, 0.2) is 0 Å². The van der Waals surface area contributed by atoms with E-state index in [1.165, 1.54) is 0 Å². The zero-order chi connectivity index (χ0) is 16.1. The molecule has 0 fully saturated rings. The highest BCUT2D eigenvalue weighted by molar-refractivity contribution is 7.55. The zero-order valence-electron chi connectivity index (χ0n) is 12.7. The third kappa shape index (κ3) is 3.66. The van der Waals surface area contributed by atoms with Crippen LogP contribution in [0.4, 0.5) is 0 Å². The monoisotopic (exact) mass is 328 g/mol. The van der Waals surface area contributed by atoms with Gasteiger partial charge in [-0.1, -0.05) is 36.4 Å². The molecular weight excluding hydrogens is 311 g/mol. The molecule has 0 aliphatic rings. The van der Waals surface area contributed by atoms with Crippen molar-refractivity contribution in [2.45, 2.75) is 12.6 Å². The Balaban J connectivity index is 1.93. The Labute approximate surface area is 135 Å². The molecule has 0 N–H and O–H groups in total. The van der Waals surface area contributed by atoms with Gasteiger partial charge in [-0.3, -0.25) is 0 Å². The van der Waals surface area contributed by atoms with Crippen molar-refractivity contribution in [1.82, 2.24) is 0 Å². The Morgan fingerprint density at radius 2 is 1.35 bits per heavy atom. The molecule has 0 spiro atoms. The molecule has 0 amide bonds. The summed E-state index contributed by atoms with van der Waals surface area (Å²) in [7, 11) is -3.54. The van der Waals surface area contributed by atoms with E-state index in [0.29, 0.717) is 17.3 Å². The molecule has 118 valence electrons. The van der Waals surface area contributed by atoms with E-state index in [9.17, 15) is 4.57 Å². The SMILES string of the molecule is CC(c1ccco1)P(=O)(Oc1ccccc1)Oc1ccccc1. The second kappa shape index (κ2) is 6.76. The van der Waals surface area contributed by atoms with Crippen molar-refractivity contribution in [3.63, 3.8) is 0 Å². The van der Waals surface area contributed by atoms with Gasteiger partial charge in [-0.2, -0.15) is 0 Å². The smallest absolute Gasteiger partial charge is 0.441 e. The van der Waals surface area contributed by atoms with Crippen LogP contribution in [0.3, 0.4) is 0 Å². The topological polar surface area (TPSA) is 48.7 Å². The van der Waals surface area contributed by atoms with Crippen LogP contribution in [0.2, 0.25) is 0 Å². The van der Waals surface area contributed by atoms with E-state index < -0.39 is 13.3 Å². The third-order valence-corrected chi connectivity index (χ3v) is 5.51. The minimum absolute atomic E-state index is 0.491. The van der Waals surface area contributed by atoms with Crippen LogP contribution >= 0.6 is 7.60 Å². The second-order valence-corrected chi connectivity index (χ2v) is 7.26. The molecule has 0 aliphatic heterocycles. The molecule has 1 atom stereocenters. The van der Waals surface area contributed by atoms with Gasteiger partial charge in [0.1, 0.15) is 22.9 Å². The fourth-order valence-corrected chi connectivity index (χ4v) is 3.76. The van der Waals surface area contributed by atoms with Crippen molar-refractivity contribution < 1.29 is 18.0 Å². The van der Waals surface area contributed by atoms with Gasteiger partial charge >= 0.3 is 7.60 Å². The molecule has 0 saturated carbocycles. The minimum atomic E-state index is -3.54. The summed E-state index contributed by atoms with van der Waals surface area (Å²) in [4.78, 5) is 0. The number of para-hydroxylation sites is 2.